The summed E-state index contributed by atoms with van der Waals surface area (Å²) in [5.41, 5.74) is 0.869. The maximum Gasteiger partial charge on any atom is 0.231 e. The SMILES string of the molecule is [2H]C([2H])([2H])N[C@H](CC)Cc1ccc2c(c1)OC([2H])([2H])O2. The minimum absolute atomic E-state index is 0.181. The summed E-state index contributed by atoms with van der Waals surface area (Å²) in [7, 11) is 0. The van der Waals surface area contributed by atoms with Crippen LogP contribution < -0.4 is 14.8 Å². The number of hydrogen-bond acceptors (Lipinski definition) is 3. The molecule has 1 atom stereocenters. The van der Waals surface area contributed by atoms with Crippen LogP contribution in [0.2, 0.25) is 0 Å². The predicted molar refractivity (Wildman–Crippen MR) is 59.4 cm³/mol. The third-order valence-corrected chi connectivity index (χ3v) is 2.49. The van der Waals surface area contributed by atoms with E-state index in [-0.39, 0.29) is 6.04 Å². The number of hydrogen-bond donors (Lipinski definition) is 1. The highest BCUT2D eigenvalue weighted by atomic mass is 16.7. The van der Waals surface area contributed by atoms with Crippen LogP contribution in [0.1, 0.15) is 25.8 Å². The summed E-state index contributed by atoms with van der Waals surface area (Å²) in [6.45, 7) is -2.40. The zero-order valence-electron chi connectivity index (χ0n) is 13.5. The zero-order chi connectivity index (χ0) is 15.0. The molecule has 0 amide bonds. The van der Waals surface area contributed by atoms with Gasteiger partial charge in [0.1, 0.15) is 2.74 Å². The monoisotopic (exact) mass is 212 g/mol. The molecule has 0 aromatic heterocycles. The smallest absolute Gasteiger partial charge is 0.231 e. The quantitative estimate of drug-likeness (QED) is 0.827. The molecule has 0 saturated carbocycles. The van der Waals surface area contributed by atoms with Crippen molar-refractivity contribution in [2.45, 2.75) is 25.8 Å². The van der Waals surface area contributed by atoms with Crippen molar-refractivity contribution >= 4 is 0 Å². The fraction of sp³-hybridized carbons (Fsp3) is 0.500. The molecular formula is C12H17NO2. The molecule has 0 bridgehead atoms. The minimum atomic E-state index is -2.17. The number of likely N-dealkylation sites (N-methyl/N-ethyl adjacent to an activating group) is 1. The van der Waals surface area contributed by atoms with Crippen LogP contribution in [0.15, 0.2) is 18.2 Å². The summed E-state index contributed by atoms with van der Waals surface area (Å²) < 4.78 is 46.4. The third kappa shape index (κ3) is 2.23. The molecule has 1 N–H and O–H groups in total. The summed E-state index contributed by atoms with van der Waals surface area (Å²) in [4.78, 5) is 0. The molecule has 2 rings (SSSR count). The van der Waals surface area contributed by atoms with Crippen molar-refractivity contribution in [2.24, 2.45) is 0 Å². The summed E-state index contributed by atoms with van der Waals surface area (Å²) in [5.74, 6) is 0.701. The Hall–Kier alpha value is -1.22. The van der Waals surface area contributed by atoms with Crippen LogP contribution in [0.5, 0.6) is 11.5 Å². The number of ether oxygens (including phenoxy) is 2. The fourth-order valence-electron chi connectivity index (χ4n) is 1.54. The molecule has 15 heavy (non-hydrogen) atoms. The fourth-order valence-corrected chi connectivity index (χ4v) is 1.54. The third-order valence-electron chi connectivity index (χ3n) is 2.49. The highest BCUT2D eigenvalue weighted by molar-refractivity contribution is 5.44. The molecular weight excluding hydrogens is 190 g/mol. The topological polar surface area (TPSA) is 30.5 Å². The Balaban J connectivity index is 2.08. The molecule has 3 nitrogen and oxygen atoms in total. The van der Waals surface area contributed by atoms with Gasteiger partial charge < -0.3 is 14.8 Å². The molecule has 82 valence electrons. The highest BCUT2D eigenvalue weighted by Crippen LogP contribution is 2.32. The van der Waals surface area contributed by atoms with Gasteiger partial charge >= 0.3 is 0 Å². The lowest BCUT2D eigenvalue weighted by Gasteiger charge is -2.13. The summed E-state index contributed by atoms with van der Waals surface area (Å²) >= 11 is 0. The Morgan fingerprint density at radius 2 is 2.40 bits per heavy atom. The number of fused-ring (bicyclic) bond motifs is 1. The van der Waals surface area contributed by atoms with Crippen molar-refractivity contribution in [1.82, 2.24) is 5.32 Å². The van der Waals surface area contributed by atoms with Gasteiger partial charge in [-0.3, -0.25) is 0 Å². The van der Waals surface area contributed by atoms with Gasteiger partial charge in [-0.05, 0) is 37.5 Å². The molecule has 0 spiro atoms. The second kappa shape index (κ2) is 4.53. The maximum absolute atomic E-state index is 7.37. The zero-order valence-corrected chi connectivity index (χ0v) is 8.54. The van der Waals surface area contributed by atoms with E-state index in [1.165, 1.54) is 0 Å². The van der Waals surface area contributed by atoms with E-state index in [1.807, 2.05) is 6.92 Å². The van der Waals surface area contributed by atoms with E-state index in [2.05, 4.69) is 5.32 Å². The minimum Gasteiger partial charge on any atom is -0.454 e. The van der Waals surface area contributed by atoms with E-state index >= 15 is 0 Å². The Labute approximate surface area is 97.4 Å². The summed E-state index contributed by atoms with van der Waals surface area (Å²) in [5, 5.41) is 2.59. The molecule has 0 fully saturated rings. The molecule has 0 aliphatic carbocycles. The van der Waals surface area contributed by atoms with E-state index in [4.69, 9.17) is 16.3 Å². The maximum atomic E-state index is 7.37. The first kappa shape index (κ1) is 5.75. The Kier molecular flexibility index (Phi) is 1.74. The van der Waals surface area contributed by atoms with E-state index in [0.29, 0.717) is 24.3 Å². The van der Waals surface area contributed by atoms with Crippen LogP contribution in [-0.2, 0) is 6.42 Å². The molecule has 1 aromatic carbocycles. The molecule has 0 radical (unpaired) electrons. The largest absolute Gasteiger partial charge is 0.454 e. The van der Waals surface area contributed by atoms with Gasteiger partial charge in [-0.15, -0.1) is 0 Å². The molecule has 1 aromatic rings. The second-order valence-electron chi connectivity index (χ2n) is 3.52. The van der Waals surface area contributed by atoms with E-state index in [0.717, 1.165) is 5.56 Å². The van der Waals surface area contributed by atoms with Gasteiger partial charge in [0.25, 0.3) is 0 Å². The predicted octanol–water partition coefficient (Wildman–Crippen LogP) is 1.96. The average molecular weight is 212 g/mol. The van der Waals surface area contributed by atoms with Crippen LogP contribution in [0, 0.1) is 0 Å². The molecule has 0 unspecified atom stereocenters. The number of benzene rings is 1. The highest BCUT2D eigenvalue weighted by Gasteiger charge is 2.14. The van der Waals surface area contributed by atoms with Gasteiger partial charge in [-0.2, -0.15) is 0 Å². The van der Waals surface area contributed by atoms with Crippen molar-refractivity contribution < 1.29 is 16.3 Å². The first-order valence-electron chi connectivity index (χ1n) is 7.47. The lowest BCUT2D eigenvalue weighted by molar-refractivity contribution is 0.174. The van der Waals surface area contributed by atoms with Gasteiger partial charge in [0.15, 0.2) is 11.5 Å². The molecule has 1 aliphatic rings. The molecule has 1 aliphatic heterocycles. The first-order valence-corrected chi connectivity index (χ1v) is 4.97. The second-order valence-corrected chi connectivity index (χ2v) is 3.52. The van der Waals surface area contributed by atoms with Crippen molar-refractivity contribution in [3.05, 3.63) is 23.8 Å². The van der Waals surface area contributed by atoms with E-state index in [1.54, 1.807) is 18.2 Å². The van der Waals surface area contributed by atoms with Crippen molar-refractivity contribution in [3.63, 3.8) is 0 Å². The van der Waals surface area contributed by atoms with E-state index in [9.17, 15) is 0 Å². The Bertz CT molecular complexity index is 489. The summed E-state index contributed by atoms with van der Waals surface area (Å²) in [6.07, 6.45) is 1.20. The van der Waals surface area contributed by atoms with Crippen LogP contribution in [-0.4, -0.2) is 19.8 Å². The lowest BCUT2D eigenvalue weighted by Crippen LogP contribution is -2.26. The molecule has 1 heterocycles. The van der Waals surface area contributed by atoms with Crippen LogP contribution in [0.25, 0.3) is 0 Å². The summed E-state index contributed by atoms with van der Waals surface area (Å²) in [6, 6.07) is 4.93. The molecule has 0 saturated heterocycles. The Morgan fingerprint density at radius 1 is 1.53 bits per heavy atom. The molecule has 3 heteroatoms. The lowest BCUT2D eigenvalue weighted by atomic mass is 10.0. The van der Waals surface area contributed by atoms with Crippen LogP contribution >= 0.6 is 0 Å². The van der Waals surface area contributed by atoms with Gasteiger partial charge in [0, 0.05) is 10.2 Å². The Morgan fingerprint density at radius 3 is 3.20 bits per heavy atom. The van der Waals surface area contributed by atoms with Crippen LogP contribution in [0.3, 0.4) is 0 Å². The van der Waals surface area contributed by atoms with Gasteiger partial charge in [0.05, 0.1) is 0 Å². The first-order chi connectivity index (χ1) is 9.18. The van der Waals surface area contributed by atoms with Gasteiger partial charge in [0.2, 0.25) is 6.75 Å². The standard InChI is InChI=1S/C12H17NO2/c1-3-10(13-2)6-9-4-5-11-12(7-9)15-8-14-11/h4-5,7,10,13H,3,6,8H2,1-2H3/t10-/m1/s1/i2D3,8D2. The van der Waals surface area contributed by atoms with Crippen molar-refractivity contribution in [2.75, 3.05) is 13.7 Å². The average Bonchev–Trinajstić information content (AvgIpc) is 2.59. The normalized spacial score (nSPS) is 24.5. The van der Waals surface area contributed by atoms with Crippen molar-refractivity contribution in [1.29, 1.82) is 0 Å². The number of rotatable bonds is 4. The van der Waals surface area contributed by atoms with Crippen LogP contribution in [0.4, 0.5) is 0 Å². The van der Waals surface area contributed by atoms with E-state index < -0.39 is 13.7 Å². The van der Waals surface area contributed by atoms with Crippen molar-refractivity contribution in [3.8, 4) is 11.5 Å². The van der Waals surface area contributed by atoms with Gasteiger partial charge in [-0.25, -0.2) is 0 Å². The number of nitrogens with one attached hydrogen (secondary N) is 1. The van der Waals surface area contributed by atoms with Gasteiger partial charge in [-0.1, -0.05) is 13.0 Å².